The molecule has 0 bridgehead atoms. The molecule has 1 amide bonds. The Morgan fingerprint density at radius 2 is 1.81 bits per heavy atom. The van der Waals surface area contributed by atoms with Gasteiger partial charge in [0.15, 0.2) is 0 Å². The second-order valence-electron chi connectivity index (χ2n) is 6.14. The largest absolute Gasteiger partial charge is 0.396 e. The van der Waals surface area contributed by atoms with E-state index in [4.69, 9.17) is 16.7 Å². The molecule has 0 aliphatic heterocycles. The first-order chi connectivity index (χ1) is 13.0. The van der Waals surface area contributed by atoms with E-state index in [0.29, 0.717) is 28.5 Å². The van der Waals surface area contributed by atoms with Gasteiger partial charge in [-0.2, -0.15) is 5.10 Å². The predicted molar refractivity (Wildman–Crippen MR) is 103 cm³/mol. The molecule has 0 unspecified atom stereocenters. The van der Waals surface area contributed by atoms with Gasteiger partial charge in [-0.3, -0.25) is 10.0 Å². The molecule has 0 saturated heterocycles. The van der Waals surface area contributed by atoms with Crippen LogP contribution in [-0.4, -0.2) is 44.7 Å². The summed E-state index contributed by atoms with van der Waals surface area (Å²) in [6.45, 7) is 0.106. The van der Waals surface area contributed by atoms with Crippen LogP contribution in [0.3, 0.4) is 0 Å². The fourth-order valence-electron chi connectivity index (χ4n) is 2.77. The lowest BCUT2D eigenvalue weighted by Gasteiger charge is -2.10. The molecule has 0 radical (unpaired) electrons. The van der Waals surface area contributed by atoms with Gasteiger partial charge < -0.3 is 5.11 Å². The smallest absolute Gasteiger partial charge is 0.276 e. The molecule has 0 aliphatic rings. The van der Waals surface area contributed by atoms with Crippen LogP contribution in [-0.2, 0) is 6.42 Å². The Bertz CT molecular complexity index is 919. The molecule has 3 rings (SSSR count). The van der Waals surface area contributed by atoms with Gasteiger partial charge in [0.1, 0.15) is 0 Å². The maximum atomic E-state index is 11.9. The highest BCUT2D eigenvalue weighted by molar-refractivity contribution is 6.30. The lowest BCUT2D eigenvalue weighted by molar-refractivity contribution is -0.0374. The Balaban J connectivity index is 2.01. The number of amides is 1. The third kappa shape index (κ3) is 4.36. The van der Waals surface area contributed by atoms with Gasteiger partial charge in [-0.15, -0.1) is 0 Å². The number of carbonyl (C=O) groups is 1. The van der Waals surface area contributed by atoms with Gasteiger partial charge in [-0.05, 0) is 55.3 Å². The number of hydroxylamine groups is 2. The maximum Gasteiger partial charge on any atom is 0.276 e. The molecule has 27 heavy (non-hydrogen) atoms. The minimum Gasteiger partial charge on any atom is -0.396 e. The van der Waals surface area contributed by atoms with Crippen LogP contribution in [0.2, 0.25) is 5.02 Å². The summed E-state index contributed by atoms with van der Waals surface area (Å²) in [6, 6.07) is 16.3. The van der Waals surface area contributed by atoms with E-state index in [9.17, 15) is 10.0 Å². The van der Waals surface area contributed by atoms with E-state index in [0.717, 1.165) is 22.6 Å². The topological polar surface area (TPSA) is 78.6 Å². The zero-order valence-corrected chi connectivity index (χ0v) is 15.6. The SMILES string of the molecule is CN(O)C(=O)c1ccc(-n2nc(CCCO)cc2-c2ccc(Cl)cc2)cc1. The van der Waals surface area contributed by atoms with Crippen LogP contribution in [0, 0.1) is 0 Å². The molecule has 0 saturated carbocycles. The molecule has 0 atom stereocenters. The molecule has 7 heteroatoms. The summed E-state index contributed by atoms with van der Waals surface area (Å²) >= 11 is 6.00. The van der Waals surface area contributed by atoms with E-state index in [-0.39, 0.29) is 6.61 Å². The highest BCUT2D eigenvalue weighted by atomic mass is 35.5. The fourth-order valence-corrected chi connectivity index (χ4v) is 2.89. The molecular weight excluding hydrogens is 366 g/mol. The number of aromatic nitrogens is 2. The van der Waals surface area contributed by atoms with Crippen LogP contribution in [0.4, 0.5) is 0 Å². The van der Waals surface area contributed by atoms with E-state index >= 15 is 0 Å². The predicted octanol–water partition coefficient (Wildman–Crippen LogP) is 3.58. The number of nitrogens with zero attached hydrogens (tertiary/aromatic N) is 3. The first kappa shape index (κ1) is 19.1. The van der Waals surface area contributed by atoms with Gasteiger partial charge in [-0.1, -0.05) is 23.7 Å². The molecule has 0 aliphatic carbocycles. The Hall–Kier alpha value is -2.67. The van der Waals surface area contributed by atoms with E-state index in [1.165, 1.54) is 7.05 Å². The minimum absolute atomic E-state index is 0.106. The zero-order chi connectivity index (χ0) is 19.4. The van der Waals surface area contributed by atoms with Crippen LogP contribution < -0.4 is 0 Å². The quantitative estimate of drug-likeness (QED) is 0.502. The fraction of sp³-hybridized carbons (Fsp3) is 0.200. The first-order valence-electron chi connectivity index (χ1n) is 8.52. The van der Waals surface area contributed by atoms with Gasteiger partial charge in [0.05, 0.1) is 17.1 Å². The molecule has 140 valence electrons. The van der Waals surface area contributed by atoms with Crippen molar-refractivity contribution in [1.29, 1.82) is 0 Å². The second-order valence-corrected chi connectivity index (χ2v) is 6.58. The number of halogens is 1. The summed E-state index contributed by atoms with van der Waals surface area (Å²) in [5.74, 6) is -0.483. The maximum absolute atomic E-state index is 11.9. The summed E-state index contributed by atoms with van der Waals surface area (Å²) < 4.78 is 1.80. The van der Waals surface area contributed by atoms with Crippen LogP contribution in [0.5, 0.6) is 0 Å². The molecule has 2 N–H and O–H groups in total. The van der Waals surface area contributed by atoms with Crippen molar-refractivity contribution in [2.45, 2.75) is 12.8 Å². The van der Waals surface area contributed by atoms with Gasteiger partial charge in [0, 0.05) is 29.8 Å². The first-order valence-corrected chi connectivity index (χ1v) is 8.90. The van der Waals surface area contributed by atoms with Crippen molar-refractivity contribution in [3.8, 4) is 16.9 Å². The number of aryl methyl sites for hydroxylation is 1. The number of aliphatic hydroxyl groups excluding tert-OH is 1. The van der Waals surface area contributed by atoms with Crippen LogP contribution in [0.1, 0.15) is 22.5 Å². The van der Waals surface area contributed by atoms with Crippen molar-refractivity contribution in [3.05, 3.63) is 70.9 Å². The van der Waals surface area contributed by atoms with Crippen LogP contribution in [0.15, 0.2) is 54.6 Å². The van der Waals surface area contributed by atoms with Gasteiger partial charge in [-0.25, -0.2) is 9.75 Å². The van der Waals surface area contributed by atoms with Crippen LogP contribution >= 0.6 is 11.6 Å². The van der Waals surface area contributed by atoms with Crippen molar-refractivity contribution < 1.29 is 15.1 Å². The monoisotopic (exact) mass is 385 g/mol. The lowest BCUT2D eigenvalue weighted by Crippen LogP contribution is -2.22. The van der Waals surface area contributed by atoms with Gasteiger partial charge in [0.2, 0.25) is 0 Å². The lowest BCUT2D eigenvalue weighted by atomic mass is 10.1. The molecule has 0 spiro atoms. The summed E-state index contributed by atoms with van der Waals surface area (Å²) in [6.07, 6.45) is 1.29. The zero-order valence-electron chi connectivity index (χ0n) is 14.8. The van der Waals surface area contributed by atoms with Crippen molar-refractivity contribution in [3.63, 3.8) is 0 Å². The van der Waals surface area contributed by atoms with E-state index in [1.54, 1.807) is 28.9 Å². The minimum atomic E-state index is -0.483. The third-order valence-corrected chi connectivity index (χ3v) is 4.40. The Labute approximate surface area is 162 Å². The Morgan fingerprint density at radius 3 is 2.41 bits per heavy atom. The Morgan fingerprint density at radius 1 is 1.15 bits per heavy atom. The molecule has 1 aromatic heterocycles. The number of benzene rings is 2. The van der Waals surface area contributed by atoms with Crippen molar-refractivity contribution in [2.75, 3.05) is 13.7 Å². The van der Waals surface area contributed by atoms with E-state index < -0.39 is 5.91 Å². The van der Waals surface area contributed by atoms with Crippen molar-refractivity contribution in [2.24, 2.45) is 0 Å². The number of hydrogen-bond acceptors (Lipinski definition) is 4. The van der Waals surface area contributed by atoms with Gasteiger partial charge >= 0.3 is 0 Å². The van der Waals surface area contributed by atoms with Gasteiger partial charge in [0.25, 0.3) is 5.91 Å². The van der Waals surface area contributed by atoms with Crippen molar-refractivity contribution >= 4 is 17.5 Å². The molecule has 6 nitrogen and oxygen atoms in total. The average Bonchev–Trinajstić information content (AvgIpc) is 3.10. The number of carbonyl (C=O) groups excluding carboxylic acids is 1. The number of aliphatic hydroxyl groups is 1. The second kappa shape index (κ2) is 8.35. The number of hydrogen-bond donors (Lipinski definition) is 2. The van der Waals surface area contributed by atoms with E-state index in [2.05, 4.69) is 5.10 Å². The normalized spacial score (nSPS) is 10.8. The molecule has 2 aromatic carbocycles. The summed E-state index contributed by atoms with van der Waals surface area (Å²) in [7, 11) is 1.29. The molecule has 3 aromatic rings. The summed E-state index contributed by atoms with van der Waals surface area (Å²) in [4.78, 5) is 11.9. The standard InChI is InChI=1S/C20H20ClN3O3/c1-23(27)20(26)15-6-10-18(11-7-15)24-19(13-17(22-24)3-2-12-25)14-4-8-16(21)9-5-14/h4-11,13,25,27H,2-3,12H2,1H3. The Kier molecular flexibility index (Phi) is 5.91. The van der Waals surface area contributed by atoms with Crippen LogP contribution in [0.25, 0.3) is 16.9 Å². The third-order valence-electron chi connectivity index (χ3n) is 4.14. The molecule has 0 fully saturated rings. The molecular formula is C20H20ClN3O3. The highest BCUT2D eigenvalue weighted by Gasteiger charge is 2.14. The van der Waals surface area contributed by atoms with Crippen molar-refractivity contribution in [1.82, 2.24) is 14.8 Å². The summed E-state index contributed by atoms with van der Waals surface area (Å²) in [5, 5.41) is 24.2. The van der Waals surface area contributed by atoms with E-state index in [1.807, 2.05) is 30.3 Å². The molecule has 1 heterocycles. The highest BCUT2D eigenvalue weighted by Crippen LogP contribution is 2.26. The number of rotatable bonds is 6. The average molecular weight is 386 g/mol. The summed E-state index contributed by atoms with van der Waals surface area (Å²) in [5.41, 5.74) is 3.87.